The van der Waals surface area contributed by atoms with Crippen LogP contribution in [0.2, 0.25) is 0 Å². The molecular weight excluding hydrogens is 524 g/mol. The molecule has 1 aliphatic carbocycles. The van der Waals surface area contributed by atoms with Crippen molar-refractivity contribution >= 4 is 29.5 Å². The standard InChI is InChI=1S/C31H42N4O6/c1-18-8-9-21(16-19(18)2)27(28(37)33-22-10-12-23(40-7)13-11-22)35(25-17-20(25)3)29(38)24(14-15-26(32)36)34-30(39)41-31(4,5)6/h8-13,16,20,24-25,27H,14-15,17H2,1-7H3,(H2,32,36)(H,33,37)(H,34,39). The summed E-state index contributed by atoms with van der Waals surface area (Å²) in [5, 5.41) is 5.57. The van der Waals surface area contributed by atoms with Crippen LogP contribution in [0.3, 0.4) is 0 Å². The smallest absolute Gasteiger partial charge is 0.408 e. The van der Waals surface area contributed by atoms with E-state index in [0.29, 0.717) is 23.4 Å². The van der Waals surface area contributed by atoms with Gasteiger partial charge in [-0.05, 0) is 94.3 Å². The molecule has 2 aromatic rings. The summed E-state index contributed by atoms with van der Waals surface area (Å²) in [5.41, 5.74) is 7.79. The van der Waals surface area contributed by atoms with Crippen molar-refractivity contribution in [2.24, 2.45) is 11.7 Å². The number of primary amides is 1. The Bertz CT molecular complexity index is 1270. The van der Waals surface area contributed by atoms with E-state index in [2.05, 4.69) is 10.6 Å². The van der Waals surface area contributed by atoms with Gasteiger partial charge in [0.2, 0.25) is 11.8 Å². The molecule has 0 spiro atoms. The van der Waals surface area contributed by atoms with Crippen LogP contribution in [-0.2, 0) is 19.1 Å². The third-order valence-corrected chi connectivity index (χ3v) is 7.08. The number of hydrogen-bond acceptors (Lipinski definition) is 6. The lowest BCUT2D eigenvalue weighted by Gasteiger charge is -2.35. The molecule has 1 aliphatic rings. The van der Waals surface area contributed by atoms with Crippen LogP contribution >= 0.6 is 0 Å². The number of rotatable bonds is 11. The first kappa shape index (κ1) is 31.4. The Labute approximate surface area is 241 Å². The number of nitrogens with zero attached hydrogens (tertiary/aromatic N) is 1. The zero-order valence-electron chi connectivity index (χ0n) is 24.9. The topological polar surface area (TPSA) is 140 Å². The first-order valence-electron chi connectivity index (χ1n) is 13.8. The summed E-state index contributed by atoms with van der Waals surface area (Å²) in [6.45, 7) is 11.1. The molecular formula is C31H42N4O6. The van der Waals surface area contributed by atoms with Gasteiger partial charge in [-0.1, -0.05) is 25.1 Å². The second-order valence-corrected chi connectivity index (χ2v) is 11.7. The normalized spacial score (nSPS) is 17.5. The quantitative estimate of drug-likeness (QED) is 0.369. The summed E-state index contributed by atoms with van der Waals surface area (Å²) in [6.07, 6.45) is -0.274. The maximum atomic E-state index is 14.3. The molecule has 0 radical (unpaired) electrons. The van der Waals surface area contributed by atoms with Crippen LogP contribution in [0.15, 0.2) is 42.5 Å². The van der Waals surface area contributed by atoms with Crippen LogP contribution in [0.1, 0.15) is 69.7 Å². The van der Waals surface area contributed by atoms with Gasteiger partial charge in [-0.15, -0.1) is 0 Å². The zero-order valence-corrected chi connectivity index (χ0v) is 24.9. The van der Waals surface area contributed by atoms with Crippen LogP contribution in [-0.4, -0.2) is 53.5 Å². The molecule has 4 amide bonds. The highest BCUT2D eigenvalue weighted by Crippen LogP contribution is 2.41. The number of carbonyl (C=O) groups is 4. The Morgan fingerprint density at radius 1 is 1.05 bits per heavy atom. The predicted molar refractivity (Wildman–Crippen MR) is 156 cm³/mol. The van der Waals surface area contributed by atoms with Crippen LogP contribution in [0.5, 0.6) is 5.75 Å². The number of benzene rings is 2. The monoisotopic (exact) mass is 566 g/mol. The van der Waals surface area contributed by atoms with Crippen LogP contribution in [0, 0.1) is 19.8 Å². The van der Waals surface area contributed by atoms with Gasteiger partial charge >= 0.3 is 6.09 Å². The molecule has 2 aromatic carbocycles. The Kier molecular flexibility index (Phi) is 10.0. The maximum absolute atomic E-state index is 14.3. The Balaban J connectivity index is 2.04. The largest absolute Gasteiger partial charge is 0.497 e. The molecule has 222 valence electrons. The van der Waals surface area contributed by atoms with Gasteiger partial charge in [0.25, 0.3) is 5.91 Å². The third kappa shape index (κ3) is 8.70. The molecule has 0 aromatic heterocycles. The molecule has 1 saturated carbocycles. The minimum atomic E-state index is -1.13. The number of amides is 4. The zero-order chi connectivity index (χ0) is 30.5. The molecule has 4 atom stereocenters. The molecule has 0 heterocycles. The van der Waals surface area contributed by atoms with E-state index in [4.69, 9.17) is 15.2 Å². The number of alkyl carbamates (subject to hydrolysis) is 1. The van der Waals surface area contributed by atoms with Crippen molar-refractivity contribution in [3.8, 4) is 5.75 Å². The summed E-state index contributed by atoms with van der Waals surface area (Å²) in [5.74, 6) is -0.720. The molecule has 4 N–H and O–H groups in total. The van der Waals surface area contributed by atoms with Crippen molar-refractivity contribution in [1.82, 2.24) is 10.2 Å². The number of aryl methyl sites for hydroxylation is 2. The van der Waals surface area contributed by atoms with Crippen molar-refractivity contribution in [3.63, 3.8) is 0 Å². The lowest BCUT2D eigenvalue weighted by molar-refractivity contribution is -0.142. The van der Waals surface area contributed by atoms with Crippen molar-refractivity contribution in [3.05, 3.63) is 59.2 Å². The molecule has 3 rings (SSSR count). The number of hydrogen-bond donors (Lipinski definition) is 3. The fraction of sp³-hybridized carbons (Fsp3) is 0.484. The number of nitrogens with one attached hydrogen (secondary N) is 2. The first-order valence-corrected chi connectivity index (χ1v) is 13.8. The van der Waals surface area contributed by atoms with E-state index in [-0.39, 0.29) is 24.8 Å². The van der Waals surface area contributed by atoms with E-state index in [9.17, 15) is 19.2 Å². The average molecular weight is 567 g/mol. The van der Waals surface area contributed by atoms with Gasteiger partial charge in [-0.2, -0.15) is 0 Å². The summed E-state index contributed by atoms with van der Waals surface area (Å²) in [4.78, 5) is 54.3. The number of carbonyl (C=O) groups excluding carboxylic acids is 4. The average Bonchev–Trinajstić information content (AvgIpc) is 3.61. The van der Waals surface area contributed by atoms with E-state index in [1.165, 1.54) is 0 Å². The van der Waals surface area contributed by atoms with Crippen molar-refractivity contribution in [2.45, 2.75) is 84.5 Å². The van der Waals surface area contributed by atoms with Gasteiger partial charge < -0.3 is 30.7 Å². The lowest BCUT2D eigenvalue weighted by atomic mass is 9.97. The minimum Gasteiger partial charge on any atom is -0.497 e. The van der Waals surface area contributed by atoms with Gasteiger partial charge in [0.1, 0.15) is 23.4 Å². The Morgan fingerprint density at radius 3 is 2.20 bits per heavy atom. The second kappa shape index (κ2) is 13.1. The maximum Gasteiger partial charge on any atom is 0.408 e. The molecule has 4 unspecified atom stereocenters. The van der Waals surface area contributed by atoms with E-state index in [1.807, 2.05) is 39.0 Å². The number of anilines is 1. The number of ether oxygens (including phenoxy) is 2. The number of nitrogens with two attached hydrogens (primary N) is 1. The highest BCUT2D eigenvalue weighted by atomic mass is 16.6. The molecule has 0 bridgehead atoms. The second-order valence-electron chi connectivity index (χ2n) is 11.7. The van der Waals surface area contributed by atoms with E-state index in [0.717, 1.165) is 11.1 Å². The summed E-state index contributed by atoms with van der Waals surface area (Å²) in [6, 6.07) is 10.2. The van der Waals surface area contributed by atoms with Crippen molar-refractivity contribution in [1.29, 1.82) is 0 Å². The number of methoxy groups -OCH3 is 1. The highest BCUT2D eigenvalue weighted by Gasteiger charge is 2.48. The van der Waals surface area contributed by atoms with E-state index in [1.54, 1.807) is 57.0 Å². The first-order chi connectivity index (χ1) is 19.2. The van der Waals surface area contributed by atoms with Gasteiger partial charge in [-0.3, -0.25) is 14.4 Å². The molecule has 41 heavy (non-hydrogen) atoms. The molecule has 0 aliphatic heterocycles. The van der Waals surface area contributed by atoms with Gasteiger partial charge in [0, 0.05) is 18.2 Å². The van der Waals surface area contributed by atoms with Crippen molar-refractivity contribution < 1.29 is 28.7 Å². The Hall–Kier alpha value is -4.08. The summed E-state index contributed by atoms with van der Waals surface area (Å²) < 4.78 is 10.6. The summed E-state index contributed by atoms with van der Waals surface area (Å²) >= 11 is 0. The fourth-order valence-corrected chi connectivity index (χ4v) is 4.60. The van der Waals surface area contributed by atoms with Crippen LogP contribution in [0.4, 0.5) is 10.5 Å². The minimum absolute atomic E-state index is 0.0369. The fourth-order valence-electron chi connectivity index (χ4n) is 4.60. The summed E-state index contributed by atoms with van der Waals surface area (Å²) in [7, 11) is 1.56. The molecule has 0 saturated heterocycles. The SMILES string of the molecule is COc1ccc(NC(=O)C(c2ccc(C)c(C)c2)N(C(=O)C(CCC(N)=O)NC(=O)OC(C)(C)C)C2CC2C)cc1. The van der Waals surface area contributed by atoms with Gasteiger partial charge in [-0.25, -0.2) is 4.79 Å². The Morgan fingerprint density at radius 2 is 1.68 bits per heavy atom. The van der Waals surface area contributed by atoms with E-state index < -0.39 is 41.5 Å². The molecule has 10 heteroatoms. The van der Waals surface area contributed by atoms with Gasteiger partial charge in [0.15, 0.2) is 0 Å². The van der Waals surface area contributed by atoms with Crippen LogP contribution < -0.4 is 21.1 Å². The van der Waals surface area contributed by atoms with E-state index >= 15 is 0 Å². The lowest BCUT2D eigenvalue weighted by Crippen LogP contribution is -2.53. The molecule has 10 nitrogen and oxygen atoms in total. The predicted octanol–water partition coefficient (Wildman–Crippen LogP) is 4.39. The molecule has 1 fully saturated rings. The highest BCUT2D eigenvalue weighted by molar-refractivity contribution is 5.99. The van der Waals surface area contributed by atoms with Crippen LogP contribution in [0.25, 0.3) is 0 Å². The van der Waals surface area contributed by atoms with Gasteiger partial charge in [0.05, 0.1) is 7.11 Å². The van der Waals surface area contributed by atoms with Crippen molar-refractivity contribution in [2.75, 3.05) is 12.4 Å². The third-order valence-electron chi connectivity index (χ3n) is 7.08.